The third-order valence-electron chi connectivity index (χ3n) is 4.37. The lowest BCUT2D eigenvalue weighted by Gasteiger charge is -2.14. The molecule has 0 saturated carbocycles. The minimum absolute atomic E-state index is 0.0210. The van der Waals surface area contributed by atoms with Gasteiger partial charge >= 0.3 is 6.09 Å². The monoisotopic (exact) mass is 368 g/mol. The number of nitrogens with zero attached hydrogens (tertiary/aromatic N) is 1. The minimum atomic E-state index is -0.329. The first-order chi connectivity index (χ1) is 13.2. The van der Waals surface area contributed by atoms with Crippen molar-refractivity contribution in [2.75, 3.05) is 24.7 Å². The highest BCUT2D eigenvalue weighted by molar-refractivity contribution is 5.89. The number of benzene rings is 2. The average Bonchev–Trinajstić information content (AvgIpc) is 3.12. The SMILES string of the molecule is CCOc1ccccc1CCC(=O)NCc1cccc(N2CCOC2=O)c1. The van der Waals surface area contributed by atoms with Crippen molar-refractivity contribution in [3.05, 3.63) is 59.7 Å². The van der Waals surface area contributed by atoms with Crippen LogP contribution in [0.4, 0.5) is 10.5 Å². The molecular weight excluding hydrogens is 344 g/mol. The number of rotatable bonds is 8. The van der Waals surface area contributed by atoms with Crippen molar-refractivity contribution >= 4 is 17.7 Å². The van der Waals surface area contributed by atoms with Gasteiger partial charge in [-0.25, -0.2) is 4.79 Å². The third kappa shape index (κ3) is 5.00. The fourth-order valence-electron chi connectivity index (χ4n) is 3.01. The lowest BCUT2D eigenvalue weighted by atomic mass is 10.1. The Kier molecular flexibility index (Phi) is 6.30. The molecule has 2 aromatic rings. The molecule has 0 radical (unpaired) electrons. The summed E-state index contributed by atoms with van der Waals surface area (Å²) < 4.78 is 10.6. The Morgan fingerprint density at radius 3 is 2.85 bits per heavy atom. The maximum atomic E-state index is 12.2. The molecule has 0 spiro atoms. The van der Waals surface area contributed by atoms with E-state index < -0.39 is 0 Å². The molecule has 1 fully saturated rings. The molecule has 0 atom stereocenters. The van der Waals surface area contributed by atoms with E-state index >= 15 is 0 Å². The van der Waals surface area contributed by atoms with E-state index in [0.29, 0.717) is 39.1 Å². The summed E-state index contributed by atoms with van der Waals surface area (Å²) in [5.41, 5.74) is 2.76. The van der Waals surface area contributed by atoms with Gasteiger partial charge < -0.3 is 14.8 Å². The smallest absolute Gasteiger partial charge is 0.414 e. The van der Waals surface area contributed by atoms with Gasteiger partial charge in [0.05, 0.1) is 13.2 Å². The van der Waals surface area contributed by atoms with Crippen LogP contribution in [0.15, 0.2) is 48.5 Å². The number of para-hydroxylation sites is 1. The van der Waals surface area contributed by atoms with Crippen molar-refractivity contribution in [3.63, 3.8) is 0 Å². The lowest BCUT2D eigenvalue weighted by molar-refractivity contribution is -0.121. The van der Waals surface area contributed by atoms with Crippen molar-refractivity contribution in [1.29, 1.82) is 0 Å². The summed E-state index contributed by atoms with van der Waals surface area (Å²) in [5, 5.41) is 2.94. The van der Waals surface area contributed by atoms with Crippen molar-refractivity contribution in [2.45, 2.75) is 26.3 Å². The predicted octanol–water partition coefficient (Wildman–Crippen LogP) is 3.29. The number of amides is 2. The van der Waals surface area contributed by atoms with Crippen LogP contribution in [0.3, 0.4) is 0 Å². The van der Waals surface area contributed by atoms with Crippen LogP contribution in [0.2, 0.25) is 0 Å². The summed E-state index contributed by atoms with van der Waals surface area (Å²) in [6.45, 7) is 3.92. The highest BCUT2D eigenvalue weighted by atomic mass is 16.6. The maximum absolute atomic E-state index is 12.2. The Morgan fingerprint density at radius 1 is 1.22 bits per heavy atom. The number of ether oxygens (including phenoxy) is 2. The molecule has 0 aromatic heterocycles. The van der Waals surface area contributed by atoms with Gasteiger partial charge in [-0.1, -0.05) is 30.3 Å². The summed E-state index contributed by atoms with van der Waals surface area (Å²) in [4.78, 5) is 25.5. The molecule has 2 aromatic carbocycles. The number of anilines is 1. The Hall–Kier alpha value is -3.02. The van der Waals surface area contributed by atoms with Crippen molar-refractivity contribution in [3.8, 4) is 5.75 Å². The summed E-state index contributed by atoms with van der Waals surface area (Å²) in [6.07, 6.45) is 0.688. The second-order valence-corrected chi connectivity index (χ2v) is 6.25. The molecule has 3 rings (SSSR count). The molecule has 0 unspecified atom stereocenters. The normalized spacial score (nSPS) is 13.4. The highest BCUT2D eigenvalue weighted by Gasteiger charge is 2.23. The summed E-state index contributed by atoms with van der Waals surface area (Å²) in [7, 11) is 0. The Labute approximate surface area is 159 Å². The predicted molar refractivity (Wildman–Crippen MR) is 103 cm³/mol. The van der Waals surface area contributed by atoms with Gasteiger partial charge in [-0.2, -0.15) is 0 Å². The third-order valence-corrected chi connectivity index (χ3v) is 4.37. The van der Waals surface area contributed by atoms with E-state index in [1.54, 1.807) is 4.90 Å². The van der Waals surface area contributed by atoms with Gasteiger partial charge in [0.25, 0.3) is 0 Å². The molecule has 142 valence electrons. The molecule has 1 N–H and O–H groups in total. The first kappa shape index (κ1) is 18.8. The van der Waals surface area contributed by atoms with Crippen molar-refractivity contribution in [1.82, 2.24) is 5.32 Å². The first-order valence-electron chi connectivity index (χ1n) is 9.18. The van der Waals surface area contributed by atoms with E-state index in [2.05, 4.69) is 5.32 Å². The standard InChI is InChI=1S/C21H24N2O4/c1-2-26-19-9-4-3-7-17(19)10-11-20(24)22-15-16-6-5-8-18(14-16)23-12-13-27-21(23)25/h3-9,14H,2,10-13,15H2,1H3,(H,22,24). The average molecular weight is 368 g/mol. The fourth-order valence-corrected chi connectivity index (χ4v) is 3.01. The molecule has 1 heterocycles. The number of hydrogen-bond acceptors (Lipinski definition) is 4. The highest BCUT2D eigenvalue weighted by Crippen LogP contribution is 2.21. The van der Waals surface area contributed by atoms with E-state index in [-0.39, 0.29) is 12.0 Å². The molecule has 6 heteroatoms. The number of nitrogens with one attached hydrogen (secondary N) is 1. The van der Waals surface area contributed by atoms with Gasteiger partial charge in [-0.05, 0) is 42.7 Å². The second-order valence-electron chi connectivity index (χ2n) is 6.25. The first-order valence-corrected chi connectivity index (χ1v) is 9.18. The summed E-state index contributed by atoms with van der Waals surface area (Å²) in [6, 6.07) is 15.3. The molecule has 0 bridgehead atoms. The summed E-state index contributed by atoms with van der Waals surface area (Å²) >= 11 is 0. The van der Waals surface area contributed by atoms with Crippen LogP contribution in [-0.2, 0) is 22.5 Å². The zero-order valence-electron chi connectivity index (χ0n) is 15.4. The Balaban J connectivity index is 1.52. The number of aryl methyl sites for hydroxylation is 1. The van der Waals surface area contributed by atoms with Crippen LogP contribution in [-0.4, -0.2) is 31.8 Å². The van der Waals surface area contributed by atoms with E-state index in [1.165, 1.54) is 0 Å². The number of carbonyl (C=O) groups is 2. The Morgan fingerprint density at radius 2 is 2.07 bits per heavy atom. The molecular formula is C21H24N2O4. The topological polar surface area (TPSA) is 67.9 Å². The zero-order chi connectivity index (χ0) is 19.1. The van der Waals surface area contributed by atoms with Crippen LogP contribution in [0.25, 0.3) is 0 Å². The minimum Gasteiger partial charge on any atom is -0.494 e. The van der Waals surface area contributed by atoms with Crippen LogP contribution >= 0.6 is 0 Å². The van der Waals surface area contributed by atoms with Crippen LogP contribution < -0.4 is 15.0 Å². The van der Waals surface area contributed by atoms with E-state index in [0.717, 1.165) is 22.6 Å². The van der Waals surface area contributed by atoms with E-state index in [1.807, 2.05) is 55.5 Å². The van der Waals surface area contributed by atoms with Crippen molar-refractivity contribution in [2.24, 2.45) is 0 Å². The van der Waals surface area contributed by atoms with Gasteiger partial charge in [0.2, 0.25) is 5.91 Å². The molecule has 2 amide bonds. The number of hydrogen-bond donors (Lipinski definition) is 1. The van der Waals surface area contributed by atoms with Crippen LogP contribution in [0.5, 0.6) is 5.75 Å². The van der Waals surface area contributed by atoms with Gasteiger partial charge in [-0.3, -0.25) is 9.69 Å². The number of carbonyl (C=O) groups excluding carboxylic acids is 2. The molecule has 6 nitrogen and oxygen atoms in total. The molecule has 0 aliphatic carbocycles. The fraction of sp³-hybridized carbons (Fsp3) is 0.333. The van der Waals surface area contributed by atoms with Gasteiger partial charge in [0.15, 0.2) is 0 Å². The summed E-state index contributed by atoms with van der Waals surface area (Å²) in [5.74, 6) is 0.810. The Bertz CT molecular complexity index is 806. The van der Waals surface area contributed by atoms with E-state index in [9.17, 15) is 9.59 Å². The quantitative estimate of drug-likeness (QED) is 0.776. The maximum Gasteiger partial charge on any atom is 0.414 e. The van der Waals surface area contributed by atoms with Gasteiger partial charge in [-0.15, -0.1) is 0 Å². The molecule has 1 aliphatic heterocycles. The van der Waals surface area contributed by atoms with Gasteiger partial charge in [0.1, 0.15) is 12.4 Å². The number of cyclic esters (lactones) is 1. The lowest BCUT2D eigenvalue weighted by Crippen LogP contribution is -2.25. The molecule has 27 heavy (non-hydrogen) atoms. The van der Waals surface area contributed by atoms with E-state index in [4.69, 9.17) is 9.47 Å². The second kappa shape index (κ2) is 9.07. The van der Waals surface area contributed by atoms with Gasteiger partial charge in [0, 0.05) is 18.7 Å². The zero-order valence-corrected chi connectivity index (χ0v) is 15.4. The van der Waals surface area contributed by atoms with Crippen LogP contribution in [0, 0.1) is 0 Å². The van der Waals surface area contributed by atoms with Crippen LogP contribution in [0.1, 0.15) is 24.5 Å². The molecule has 1 saturated heterocycles. The molecule has 1 aliphatic rings. The van der Waals surface area contributed by atoms with Crippen molar-refractivity contribution < 1.29 is 19.1 Å². The largest absolute Gasteiger partial charge is 0.494 e.